The van der Waals surface area contributed by atoms with Crippen molar-refractivity contribution in [1.82, 2.24) is 0 Å². The number of Topliss-reactive ketones (excluding diaryl/α,β-unsaturated/α-hetero) is 2. The molecule has 0 saturated heterocycles. The van der Waals surface area contributed by atoms with E-state index in [0.29, 0.717) is 12.8 Å². The Morgan fingerprint density at radius 3 is 2.35 bits per heavy atom. The van der Waals surface area contributed by atoms with Crippen LogP contribution in [0.15, 0.2) is 24.3 Å². The zero-order valence-corrected chi connectivity index (χ0v) is 10.6. The van der Waals surface area contributed by atoms with E-state index in [4.69, 9.17) is 0 Å². The minimum absolute atomic E-state index is 0.0672. The fourth-order valence-electron chi connectivity index (χ4n) is 2.54. The zero-order valence-electron chi connectivity index (χ0n) is 10.6. The Bertz CT molecular complexity index is 458. The summed E-state index contributed by atoms with van der Waals surface area (Å²) in [5, 5.41) is 0. The van der Waals surface area contributed by atoms with Crippen molar-refractivity contribution in [2.45, 2.75) is 39.0 Å². The molecule has 0 aromatic heterocycles. The first-order valence-electron chi connectivity index (χ1n) is 6.09. The lowest BCUT2D eigenvalue weighted by atomic mass is 9.66. The maximum absolute atomic E-state index is 12.3. The van der Waals surface area contributed by atoms with E-state index in [-0.39, 0.29) is 11.6 Å². The molecule has 2 nitrogen and oxygen atoms in total. The third-order valence-corrected chi connectivity index (χ3v) is 3.98. The number of rotatable bonds is 1. The Hall–Kier alpha value is -1.44. The third-order valence-electron chi connectivity index (χ3n) is 3.98. The Morgan fingerprint density at radius 1 is 1.18 bits per heavy atom. The molecule has 1 fully saturated rings. The number of aryl methyl sites for hydroxylation is 1. The Balaban J connectivity index is 2.39. The fraction of sp³-hybridized carbons (Fsp3) is 0.467. The van der Waals surface area contributed by atoms with E-state index in [1.54, 1.807) is 6.92 Å². The highest BCUT2D eigenvalue weighted by atomic mass is 16.2. The highest BCUT2D eigenvalue weighted by molar-refractivity contribution is 6.09. The summed E-state index contributed by atoms with van der Waals surface area (Å²) in [6.07, 6.45) is 1.15. The number of carbonyl (C=O) groups excluding carboxylic acids is 2. The molecule has 2 heteroatoms. The number of carbonyl (C=O) groups is 2. The van der Waals surface area contributed by atoms with Gasteiger partial charge in [0.05, 0.1) is 11.3 Å². The largest absolute Gasteiger partial charge is 0.299 e. The normalized spacial score (nSPS) is 29.5. The molecule has 17 heavy (non-hydrogen) atoms. The van der Waals surface area contributed by atoms with Gasteiger partial charge < -0.3 is 0 Å². The highest BCUT2D eigenvalue weighted by Gasteiger charge is 2.43. The van der Waals surface area contributed by atoms with Crippen molar-refractivity contribution < 1.29 is 9.59 Å². The topological polar surface area (TPSA) is 34.1 Å². The van der Waals surface area contributed by atoms with Crippen molar-refractivity contribution in [1.29, 1.82) is 0 Å². The maximum atomic E-state index is 12.3. The van der Waals surface area contributed by atoms with Gasteiger partial charge in [0.15, 0.2) is 5.78 Å². The van der Waals surface area contributed by atoms with Gasteiger partial charge in [0.1, 0.15) is 5.78 Å². The molecule has 1 aliphatic rings. The molecule has 1 aliphatic carbocycles. The molecule has 0 N–H and O–H groups in total. The van der Waals surface area contributed by atoms with Gasteiger partial charge >= 0.3 is 0 Å². The Morgan fingerprint density at radius 2 is 1.76 bits per heavy atom. The lowest BCUT2D eigenvalue weighted by Crippen LogP contribution is -2.44. The van der Waals surface area contributed by atoms with E-state index >= 15 is 0 Å². The summed E-state index contributed by atoms with van der Waals surface area (Å²) in [6, 6.07) is 8.06. The highest BCUT2D eigenvalue weighted by Crippen LogP contribution is 2.37. The SMILES string of the molecule is Cc1ccc(C2(C)CCC(=O)C(C)C2=O)cc1. The molecular formula is C15H18O2. The quantitative estimate of drug-likeness (QED) is 0.695. The summed E-state index contributed by atoms with van der Waals surface area (Å²) in [5.41, 5.74) is 1.73. The molecule has 2 unspecified atom stereocenters. The molecular weight excluding hydrogens is 212 g/mol. The Kier molecular flexibility index (Phi) is 2.90. The first-order chi connectivity index (χ1) is 7.95. The van der Waals surface area contributed by atoms with Gasteiger partial charge in [-0.1, -0.05) is 29.8 Å². The van der Waals surface area contributed by atoms with E-state index in [1.807, 2.05) is 38.1 Å². The third kappa shape index (κ3) is 1.92. The molecule has 2 rings (SSSR count). The van der Waals surface area contributed by atoms with Crippen LogP contribution in [0.4, 0.5) is 0 Å². The summed E-state index contributed by atoms with van der Waals surface area (Å²) in [4.78, 5) is 23.9. The number of hydrogen-bond acceptors (Lipinski definition) is 2. The van der Waals surface area contributed by atoms with Gasteiger partial charge in [0.2, 0.25) is 0 Å². The van der Waals surface area contributed by atoms with Gasteiger partial charge in [0, 0.05) is 6.42 Å². The molecule has 1 aromatic rings. The molecule has 0 bridgehead atoms. The van der Waals surface area contributed by atoms with Crippen LogP contribution in [0.25, 0.3) is 0 Å². The van der Waals surface area contributed by atoms with Crippen LogP contribution in [0.2, 0.25) is 0 Å². The summed E-state index contributed by atoms with van der Waals surface area (Å²) < 4.78 is 0. The number of benzene rings is 1. The van der Waals surface area contributed by atoms with E-state index in [1.165, 1.54) is 5.56 Å². The van der Waals surface area contributed by atoms with Crippen molar-refractivity contribution in [2.75, 3.05) is 0 Å². The van der Waals surface area contributed by atoms with Gasteiger partial charge in [-0.05, 0) is 32.8 Å². The van der Waals surface area contributed by atoms with E-state index in [0.717, 1.165) is 5.56 Å². The second kappa shape index (κ2) is 4.10. The molecule has 1 aromatic carbocycles. The van der Waals surface area contributed by atoms with E-state index < -0.39 is 11.3 Å². The molecule has 0 radical (unpaired) electrons. The number of hydrogen-bond donors (Lipinski definition) is 0. The van der Waals surface area contributed by atoms with Gasteiger partial charge in [-0.25, -0.2) is 0 Å². The summed E-state index contributed by atoms with van der Waals surface area (Å²) >= 11 is 0. The van der Waals surface area contributed by atoms with Crippen LogP contribution in [-0.2, 0) is 15.0 Å². The summed E-state index contributed by atoms with van der Waals surface area (Å²) in [5.74, 6) is -0.299. The molecule has 0 amide bonds. The standard InChI is InChI=1S/C15H18O2/c1-10-4-6-12(7-5-10)15(3)9-8-13(16)11(2)14(15)17/h4-7,11H,8-9H2,1-3H3. The molecule has 0 aliphatic heterocycles. The predicted molar refractivity (Wildman–Crippen MR) is 66.9 cm³/mol. The van der Waals surface area contributed by atoms with Crippen molar-refractivity contribution in [2.24, 2.45) is 5.92 Å². The minimum Gasteiger partial charge on any atom is -0.299 e. The maximum Gasteiger partial charge on any atom is 0.153 e. The van der Waals surface area contributed by atoms with Crippen LogP contribution in [0, 0.1) is 12.8 Å². The lowest BCUT2D eigenvalue weighted by Gasteiger charge is -2.35. The van der Waals surface area contributed by atoms with Crippen LogP contribution in [0.3, 0.4) is 0 Å². The summed E-state index contributed by atoms with van der Waals surface area (Å²) in [6.45, 7) is 5.72. The van der Waals surface area contributed by atoms with Crippen molar-refractivity contribution in [3.63, 3.8) is 0 Å². The van der Waals surface area contributed by atoms with Crippen LogP contribution < -0.4 is 0 Å². The molecule has 0 spiro atoms. The van der Waals surface area contributed by atoms with Gasteiger partial charge in [-0.15, -0.1) is 0 Å². The van der Waals surface area contributed by atoms with Gasteiger partial charge in [-0.3, -0.25) is 9.59 Å². The Labute approximate surface area is 102 Å². The van der Waals surface area contributed by atoms with Crippen molar-refractivity contribution >= 4 is 11.6 Å². The average molecular weight is 230 g/mol. The van der Waals surface area contributed by atoms with E-state index in [2.05, 4.69) is 0 Å². The smallest absolute Gasteiger partial charge is 0.153 e. The predicted octanol–water partition coefficient (Wildman–Crippen LogP) is 2.82. The fourth-order valence-corrected chi connectivity index (χ4v) is 2.54. The van der Waals surface area contributed by atoms with Gasteiger partial charge in [-0.2, -0.15) is 0 Å². The first-order valence-corrected chi connectivity index (χ1v) is 6.09. The summed E-state index contributed by atoms with van der Waals surface area (Å²) in [7, 11) is 0. The monoisotopic (exact) mass is 230 g/mol. The van der Waals surface area contributed by atoms with Crippen LogP contribution in [0.1, 0.15) is 37.8 Å². The van der Waals surface area contributed by atoms with Gasteiger partial charge in [0.25, 0.3) is 0 Å². The molecule has 90 valence electrons. The zero-order chi connectivity index (χ0) is 12.6. The van der Waals surface area contributed by atoms with Crippen molar-refractivity contribution in [3.05, 3.63) is 35.4 Å². The molecule has 2 atom stereocenters. The van der Waals surface area contributed by atoms with E-state index in [9.17, 15) is 9.59 Å². The molecule has 0 heterocycles. The number of ketones is 2. The average Bonchev–Trinajstić information content (AvgIpc) is 2.33. The second-order valence-corrected chi connectivity index (χ2v) is 5.25. The van der Waals surface area contributed by atoms with Crippen molar-refractivity contribution in [3.8, 4) is 0 Å². The van der Waals surface area contributed by atoms with Crippen LogP contribution in [-0.4, -0.2) is 11.6 Å². The first kappa shape index (κ1) is 12.0. The van der Waals surface area contributed by atoms with Crippen LogP contribution in [0.5, 0.6) is 0 Å². The van der Waals surface area contributed by atoms with Crippen LogP contribution >= 0.6 is 0 Å². The minimum atomic E-state index is -0.485. The second-order valence-electron chi connectivity index (χ2n) is 5.25. The lowest BCUT2D eigenvalue weighted by molar-refractivity contribution is -0.139. The molecule has 1 saturated carbocycles.